The fraction of sp³-hybridized carbons (Fsp3) is 0.250. The van der Waals surface area contributed by atoms with Crippen LogP contribution in [0.4, 0.5) is 0 Å². The van der Waals surface area contributed by atoms with Crippen molar-refractivity contribution in [3.63, 3.8) is 0 Å². The third-order valence-corrected chi connectivity index (χ3v) is 5.21. The lowest BCUT2D eigenvalue weighted by Gasteiger charge is -2.42. The number of β-lactam (4-membered cyclic amide) rings is 1. The Morgan fingerprint density at radius 2 is 2.45 bits per heavy atom. The molecule has 0 aliphatic carbocycles. The van der Waals surface area contributed by atoms with Crippen LogP contribution in [-0.4, -0.2) is 32.9 Å². The summed E-state index contributed by atoms with van der Waals surface area (Å²) >= 11 is 8.80. The number of thiazole rings is 1. The number of thioether (sulfide) groups is 1. The van der Waals surface area contributed by atoms with Crippen molar-refractivity contribution in [3.05, 3.63) is 33.6 Å². The topological polar surface area (TPSA) is 59.5 Å². The lowest BCUT2D eigenvalue weighted by atomic mass is 10.1. The summed E-state index contributed by atoms with van der Waals surface area (Å²) in [6.07, 6.45) is 5.05. The molecule has 1 saturated heterocycles. The van der Waals surface area contributed by atoms with Gasteiger partial charge in [-0.3, -0.25) is 9.69 Å². The highest BCUT2D eigenvalue weighted by Gasteiger charge is 2.43. The molecule has 20 heavy (non-hydrogen) atoms. The Labute approximate surface area is 128 Å². The van der Waals surface area contributed by atoms with Crippen LogP contribution in [0.25, 0.3) is 6.08 Å². The van der Waals surface area contributed by atoms with Gasteiger partial charge in [0.25, 0.3) is 0 Å². The summed E-state index contributed by atoms with van der Waals surface area (Å²) in [6.45, 7) is 0. The third-order valence-electron chi connectivity index (χ3n) is 2.88. The Kier molecular flexibility index (Phi) is 3.82. The normalized spacial score (nSPS) is 21.4. The molecule has 0 aromatic carbocycles. The summed E-state index contributed by atoms with van der Waals surface area (Å²) < 4.78 is 5.04. The van der Waals surface area contributed by atoms with Gasteiger partial charge in [-0.25, -0.2) is 9.78 Å². The van der Waals surface area contributed by atoms with Crippen LogP contribution < -0.4 is 0 Å². The lowest BCUT2D eigenvalue weighted by Crippen LogP contribution is -2.53. The molecule has 0 N–H and O–H groups in total. The molecule has 1 amide bonds. The van der Waals surface area contributed by atoms with Crippen molar-refractivity contribution < 1.29 is 14.3 Å². The Morgan fingerprint density at radius 1 is 1.60 bits per heavy atom. The Balaban J connectivity index is 1.65. The molecule has 0 bridgehead atoms. The zero-order valence-electron chi connectivity index (χ0n) is 10.1. The van der Waals surface area contributed by atoms with E-state index in [0.717, 1.165) is 0 Å². The monoisotopic (exact) mass is 328 g/mol. The van der Waals surface area contributed by atoms with Crippen molar-refractivity contribution >= 4 is 52.7 Å². The minimum Gasteiger partial charge on any atom is -0.430 e. The number of carbonyl (C=O) groups is 2. The van der Waals surface area contributed by atoms with Crippen LogP contribution in [0.15, 0.2) is 23.5 Å². The average molecular weight is 329 g/mol. The summed E-state index contributed by atoms with van der Waals surface area (Å²) in [5.41, 5.74) is 1.93. The molecule has 3 heterocycles. The van der Waals surface area contributed by atoms with Crippen molar-refractivity contribution in [2.75, 3.05) is 5.75 Å². The summed E-state index contributed by atoms with van der Waals surface area (Å²) in [6, 6.07) is 0. The van der Waals surface area contributed by atoms with Crippen LogP contribution in [0, 0.1) is 0 Å². The van der Waals surface area contributed by atoms with Crippen LogP contribution in [0.2, 0.25) is 5.15 Å². The van der Waals surface area contributed by atoms with Crippen LogP contribution in [0.5, 0.6) is 0 Å². The van der Waals surface area contributed by atoms with Gasteiger partial charge in [0.05, 0.1) is 28.4 Å². The van der Waals surface area contributed by atoms with E-state index in [2.05, 4.69) is 4.98 Å². The number of rotatable bonds is 3. The number of aromatic nitrogens is 1. The highest BCUT2D eigenvalue weighted by atomic mass is 35.5. The molecule has 104 valence electrons. The number of hydrogen-bond donors (Lipinski definition) is 0. The van der Waals surface area contributed by atoms with Crippen molar-refractivity contribution in [2.24, 2.45) is 0 Å². The van der Waals surface area contributed by atoms with E-state index in [-0.39, 0.29) is 11.3 Å². The van der Waals surface area contributed by atoms with E-state index < -0.39 is 5.97 Å². The maximum atomic E-state index is 12.0. The van der Waals surface area contributed by atoms with Gasteiger partial charge in [-0.05, 0) is 12.2 Å². The second kappa shape index (κ2) is 5.59. The standard InChI is InChI=1S/C12H9ClN2O3S2/c13-11-8(20-6-14-11)1-3-18-12(17)7-2-4-19-10-5-9(16)15(7)10/h1-3,6,10H,4-5H2/t10-/m1/s1. The van der Waals surface area contributed by atoms with Crippen molar-refractivity contribution in [1.29, 1.82) is 0 Å². The molecule has 0 radical (unpaired) electrons. The van der Waals surface area contributed by atoms with E-state index in [1.54, 1.807) is 29.4 Å². The molecule has 1 fully saturated rings. The molecule has 1 aromatic heterocycles. The van der Waals surface area contributed by atoms with Gasteiger partial charge >= 0.3 is 5.97 Å². The smallest absolute Gasteiger partial charge is 0.359 e. The van der Waals surface area contributed by atoms with Crippen molar-refractivity contribution in [2.45, 2.75) is 11.8 Å². The van der Waals surface area contributed by atoms with Gasteiger partial charge in [0.1, 0.15) is 10.9 Å². The van der Waals surface area contributed by atoms with Gasteiger partial charge in [-0.2, -0.15) is 0 Å². The van der Waals surface area contributed by atoms with Gasteiger partial charge in [-0.1, -0.05) is 11.6 Å². The summed E-state index contributed by atoms with van der Waals surface area (Å²) in [5, 5.41) is 0.448. The van der Waals surface area contributed by atoms with Gasteiger partial charge in [-0.15, -0.1) is 23.1 Å². The zero-order valence-corrected chi connectivity index (χ0v) is 12.5. The summed E-state index contributed by atoms with van der Waals surface area (Å²) in [7, 11) is 0. The van der Waals surface area contributed by atoms with Gasteiger partial charge in [0.2, 0.25) is 5.91 Å². The quantitative estimate of drug-likeness (QED) is 0.485. The van der Waals surface area contributed by atoms with E-state index in [1.165, 1.54) is 22.5 Å². The van der Waals surface area contributed by atoms with Crippen LogP contribution in [0.1, 0.15) is 11.3 Å². The summed E-state index contributed by atoms with van der Waals surface area (Å²) in [5.74, 6) is 0.142. The second-order valence-electron chi connectivity index (χ2n) is 4.06. The first-order chi connectivity index (χ1) is 9.66. The number of halogens is 1. The van der Waals surface area contributed by atoms with Crippen LogP contribution in [0.3, 0.4) is 0 Å². The Bertz CT molecular complexity index is 626. The fourth-order valence-corrected chi connectivity index (χ4v) is 3.87. The zero-order chi connectivity index (χ0) is 14.1. The predicted octanol–water partition coefficient (Wildman–Crippen LogP) is 2.50. The van der Waals surface area contributed by atoms with Crippen molar-refractivity contribution in [1.82, 2.24) is 9.88 Å². The highest BCUT2D eigenvalue weighted by Crippen LogP contribution is 2.37. The molecule has 3 rings (SSSR count). The van der Waals surface area contributed by atoms with Crippen molar-refractivity contribution in [3.8, 4) is 0 Å². The Hall–Kier alpha value is -1.31. The largest absolute Gasteiger partial charge is 0.430 e. The molecule has 2 aliphatic heterocycles. The SMILES string of the molecule is O=C(OC=Cc1scnc1Cl)C1=CCS[C@@H]2CC(=O)N12. The second-order valence-corrected chi connectivity index (χ2v) is 6.52. The van der Waals surface area contributed by atoms with E-state index >= 15 is 0 Å². The Morgan fingerprint density at radius 3 is 3.15 bits per heavy atom. The number of carbonyl (C=O) groups excluding carboxylic acids is 2. The van der Waals surface area contributed by atoms with Gasteiger partial charge in [0, 0.05) is 5.75 Å². The molecule has 0 spiro atoms. The van der Waals surface area contributed by atoms with E-state index in [9.17, 15) is 9.59 Å². The molecule has 8 heteroatoms. The van der Waals surface area contributed by atoms with E-state index in [0.29, 0.717) is 27.9 Å². The number of ether oxygens (including phenoxy) is 1. The molecular weight excluding hydrogens is 320 g/mol. The van der Waals surface area contributed by atoms with Gasteiger partial charge in [0.15, 0.2) is 0 Å². The fourth-order valence-electron chi connectivity index (χ4n) is 1.90. The molecule has 0 saturated carbocycles. The first kappa shape index (κ1) is 13.7. The molecule has 1 atom stereocenters. The molecular formula is C12H9ClN2O3S2. The first-order valence-electron chi connectivity index (χ1n) is 5.77. The predicted molar refractivity (Wildman–Crippen MR) is 78.0 cm³/mol. The number of esters is 1. The van der Waals surface area contributed by atoms with Crippen LogP contribution >= 0.6 is 34.7 Å². The summed E-state index contributed by atoms with van der Waals surface area (Å²) in [4.78, 5) is 29.5. The molecule has 1 aromatic rings. The van der Waals surface area contributed by atoms with Gasteiger partial charge < -0.3 is 4.74 Å². The molecule has 2 aliphatic rings. The van der Waals surface area contributed by atoms with E-state index in [4.69, 9.17) is 16.3 Å². The first-order valence-corrected chi connectivity index (χ1v) is 8.08. The number of amides is 1. The van der Waals surface area contributed by atoms with E-state index in [1.807, 2.05) is 0 Å². The number of nitrogens with zero attached hydrogens (tertiary/aromatic N) is 2. The maximum absolute atomic E-state index is 12.0. The third kappa shape index (κ3) is 2.48. The maximum Gasteiger partial charge on any atom is 0.359 e. The van der Waals surface area contributed by atoms with Crippen LogP contribution in [-0.2, 0) is 14.3 Å². The molecule has 0 unspecified atom stereocenters. The lowest BCUT2D eigenvalue weighted by molar-refractivity contribution is -0.146. The highest BCUT2D eigenvalue weighted by molar-refractivity contribution is 8.00. The minimum absolute atomic E-state index is 0.0418. The minimum atomic E-state index is -0.528. The average Bonchev–Trinajstić information content (AvgIpc) is 2.82. The number of hydrogen-bond acceptors (Lipinski definition) is 6. The molecule has 5 nitrogen and oxygen atoms in total. The number of fused-ring (bicyclic) bond motifs is 1.